The molecular weight excluding hydrogens is 236 g/mol. The van der Waals surface area contributed by atoms with Crippen LogP contribution in [0.4, 0.5) is 5.00 Å². The monoisotopic (exact) mass is 250 g/mol. The molecule has 0 bridgehead atoms. The topological polar surface area (TPSA) is 54.1 Å². The molecule has 5 heteroatoms. The Kier molecular flexibility index (Phi) is 2.86. The van der Waals surface area contributed by atoms with Gasteiger partial charge in [0.05, 0.1) is 5.00 Å². The normalized spacial score (nSPS) is 17.4. The van der Waals surface area contributed by atoms with Crippen molar-refractivity contribution in [1.29, 1.82) is 0 Å². The Morgan fingerprint density at radius 3 is 3.00 bits per heavy atom. The molecule has 2 aromatic heterocycles. The van der Waals surface area contributed by atoms with Crippen LogP contribution in [0.25, 0.3) is 10.2 Å². The Bertz CT molecular complexity index is 569. The van der Waals surface area contributed by atoms with Gasteiger partial charge in [-0.05, 0) is 25.0 Å². The van der Waals surface area contributed by atoms with Crippen LogP contribution in [0.1, 0.15) is 12.8 Å². The summed E-state index contributed by atoms with van der Waals surface area (Å²) in [7, 11) is 0. The van der Waals surface area contributed by atoms with E-state index in [4.69, 9.17) is 4.74 Å². The number of aromatic amines is 1. The maximum atomic E-state index is 11.2. The summed E-state index contributed by atoms with van der Waals surface area (Å²) in [5.41, 5.74) is -0.0445. The van der Waals surface area contributed by atoms with E-state index in [0.29, 0.717) is 6.04 Å². The van der Waals surface area contributed by atoms with Crippen LogP contribution in [0.15, 0.2) is 23.0 Å². The number of aromatic nitrogens is 1. The lowest BCUT2D eigenvalue weighted by Gasteiger charge is -2.23. The first-order chi connectivity index (χ1) is 8.31. The van der Waals surface area contributed by atoms with Crippen molar-refractivity contribution in [2.75, 3.05) is 18.5 Å². The van der Waals surface area contributed by atoms with Crippen molar-refractivity contribution in [1.82, 2.24) is 4.98 Å². The van der Waals surface area contributed by atoms with Crippen molar-refractivity contribution in [2.24, 2.45) is 0 Å². The van der Waals surface area contributed by atoms with E-state index in [-0.39, 0.29) is 5.56 Å². The highest BCUT2D eigenvalue weighted by molar-refractivity contribution is 7.22. The van der Waals surface area contributed by atoms with Gasteiger partial charge in [0.2, 0.25) is 5.56 Å². The summed E-state index contributed by atoms with van der Waals surface area (Å²) in [5, 5.41) is 5.71. The highest BCUT2D eigenvalue weighted by atomic mass is 32.1. The molecule has 0 aromatic carbocycles. The Labute approximate surface area is 103 Å². The molecule has 3 heterocycles. The first kappa shape index (κ1) is 10.8. The number of ether oxygens (including phenoxy) is 1. The fourth-order valence-corrected chi connectivity index (χ4v) is 3.09. The van der Waals surface area contributed by atoms with Crippen molar-refractivity contribution in [2.45, 2.75) is 18.9 Å². The molecule has 3 rings (SSSR count). The number of anilines is 1. The van der Waals surface area contributed by atoms with Crippen molar-refractivity contribution >= 4 is 26.6 Å². The third-order valence-corrected chi connectivity index (χ3v) is 3.98. The molecule has 1 aliphatic heterocycles. The van der Waals surface area contributed by atoms with Crippen molar-refractivity contribution in [3.63, 3.8) is 0 Å². The highest BCUT2D eigenvalue weighted by Crippen LogP contribution is 2.28. The summed E-state index contributed by atoms with van der Waals surface area (Å²) in [5.74, 6) is 0. The van der Waals surface area contributed by atoms with Crippen LogP contribution in [-0.4, -0.2) is 24.2 Å². The number of fused-ring (bicyclic) bond motifs is 1. The summed E-state index contributed by atoms with van der Waals surface area (Å²) < 4.78 is 5.33. The quantitative estimate of drug-likeness (QED) is 0.859. The van der Waals surface area contributed by atoms with E-state index in [1.165, 1.54) is 0 Å². The minimum absolute atomic E-state index is 0.0445. The van der Waals surface area contributed by atoms with E-state index in [1.54, 1.807) is 17.4 Å². The van der Waals surface area contributed by atoms with Crippen LogP contribution in [0.5, 0.6) is 0 Å². The van der Waals surface area contributed by atoms with Gasteiger partial charge < -0.3 is 15.0 Å². The Balaban J connectivity index is 1.82. The molecule has 0 atom stereocenters. The lowest BCUT2D eigenvalue weighted by molar-refractivity contribution is 0.0905. The number of nitrogens with one attached hydrogen (secondary N) is 2. The molecule has 1 saturated heterocycles. The zero-order valence-electron chi connectivity index (χ0n) is 9.36. The molecule has 2 N–H and O–H groups in total. The van der Waals surface area contributed by atoms with Gasteiger partial charge in [-0.2, -0.15) is 0 Å². The molecule has 1 aliphatic rings. The van der Waals surface area contributed by atoms with Crippen LogP contribution >= 0.6 is 11.3 Å². The number of pyridine rings is 1. The summed E-state index contributed by atoms with van der Waals surface area (Å²) in [6, 6.07) is 6.00. The second-order valence-electron chi connectivity index (χ2n) is 4.25. The molecule has 17 heavy (non-hydrogen) atoms. The number of rotatable bonds is 2. The smallest absolute Gasteiger partial charge is 0.249 e. The second kappa shape index (κ2) is 4.50. The van der Waals surface area contributed by atoms with E-state index in [9.17, 15) is 4.79 Å². The van der Waals surface area contributed by atoms with Gasteiger partial charge in [0, 0.05) is 30.7 Å². The molecule has 2 aromatic rings. The number of hydrogen-bond acceptors (Lipinski definition) is 4. The summed E-state index contributed by atoms with van der Waals surface area (Å²) in [4.78, 5) is 15.0. The molecule has 90 valence electrons. The van der Waals surface area contributed by atoms with Gasteiger partial charge in [-0.3, -0.25) is 4.79 Å². The maximum absolute atomic E-state index is 11.2. The van der Waals surface area contributed by atoms with Crippen molar-refractivity contribution in [3.8, 4) is 0 Å². The molecule has 0 spiro atoms. The van der Waals surface area contributed by atoms with Gasteiger partial charge in [-0.15, -0.1) is 11.3 Å². The first-order valence-electron chi connectivity index (χ1n) is 5.78. The zero-order valence-corrected chi connectivity index (χ0v) is 10.2. The number of H-pyrrole nitrogens is 1. The Morgan fingerprint density at radius 2 is 2.18 bits per heavy atom. The first-order valence-corrected chi connectivity index (χ1v) is 6.60. The fraction of sp³-hybridized carbons (Fsp3) is 0.417. The third kappa shape index (κ3) is 2.35. The zero-order chi connectivity index (χ0) is 11.7. The van der Waals surface area contributed by atoms with Gasteiger partial charge in [0.25, 0.3) is 0 Å². The third-order valence-electron chi connectivity index (χ3n) is 2.98. The molecule has 0 unspecified atom stereocenters. The summed E-state index contributed by atoms with van der Waals surface area (Å²) >= 11 is 1.60. The van der Waals surface area contributed by atoms with Crippen LogP contribution in [0, 0.1) is 0 Å². The molecular formula is C12H14N2O2S. The van der Waals surface area contributed by atoms with E-state index in [1.807, 2.05) is 6.07 Å². The number of thiophene rings is 1. The summed E-state index contributed by atoms with van der Waals surface area (Å²) in [6.45, 7) is 1.67. The van der Waals surface area contributed by atoms with Crippen LogP contribution < -0.4 is 10.9 Å². The van der Waals surface area contributed by atoms with Crippen LogP contribution in [0.2, 0.25) is 0 Å². The molecule has 4 nitrogen and oxygen atoms in total. The summed E-state index contributed by atoms with van der Waals surface area (Å²) in [6.07, 6.45) is 2.09. The average molecular weight is 250 g/mol. The predicted octanol–water partition coefficient (Wildman–Crippen LogP) is 2.18. The largest absolute Gasteiger partial charge is 0.381 e. The van der Waals surface area contributed by atoms with Gasteiger partial charge in [-0.1, -0.05) is 0 Å². The van der Waals surface area contributed by atoms with E-state index in [0.717, 1.165) is 41.3 Å². The van der Waals surface area contributed by atoms with Crippen LogP contribution in [0.3, 0.4) is 0 Å². The van der Waals surface area contributed by atoms with E-state index in [2.05, 4.69) is 16.4 Å². The highest BCUT2D eigenvalue weighted by Gasteiger charge is 2.14. The second-order valence-corrected chi connectivity index (χ2v) is 5.30. The molecule has 0 amide bonds. The van der Waals surface area contributed by atoms with E-state index < -0.39 is 0 Å². The lowest BCUT2D eigenvalue weighted by atomic mass is 10.1. The van der Waals surface area contributed by atoms with Crippen molar-refractivity contribution in [3.05, 3.63) is 28.6 Å². The predicted molar refractivity (Wildman–Crippen MR) is 69.9 cm³/mol. The molecule has 0 aliphatic carbocycles. The Morgan fingerprint density at radius 1 is 1.35 bits per heavy atom. The lowest BCUT2D eigenvalue weighted by Crippen LogP contribution is -2.27. The Hall–Kier alpha value is -1.33. The van der Waals surface area contributed by atoms with Gasteiger partial charge in [-0.25, -0.2) is 0 Å². The average Bonchev–Trinajstić information content (AvgIpc) is 2.71. The van der Waals surface area contributed by atoms with Crippen molar-refractivity contribution < 1.29 is 4.74 Å². The fourth-order valence-electron chi connectivity index (χ4n) is 2.06. The number of hydrogen-bond donors (Lipinski definition) is 2. The minimum atomic E-state index is -0.0445. The van der Waals surface area contributed by atoms with Crippen LogP contribution in [-0.2, 0) is 4.74 Å². The van der Waals surface area contributed by atoms with Gasteiger partial charge >= 0.3 is 0 Å². The van der Waals surface area contributed by atoms with E-state index >= 15 is 0 Å². The standard InChI is InChI=1S/C12H14N2O2S/c15-10-2-1-8-7-11(17-12(8)14-10)13-9-3-5-16-6-4-9/h1-2,7,9,13H,3-6H2,(H,14,15). The SMILES string of the molecule is O=c1ccc2cc(NC3CCOCC3)sc2[nH]1. The molecule has 1 fully saturated rings. The minimum Gasteiger partial charge on any atom is -0.381 e. The molecule has 0 saturated carbocycles. The molecule has 0 radical (unpaired) electrons. The maximum Gasteiger partial charge on any atom is 0.249 e. The van der Waals surface area contributed by atoms with Gasteiger partial charge in [0.1, 0.15) is 4.83 Å². The van der Waals surface area contributed by atoms with Gasteiger partial charge in [0.15, 0.2) is 0 Å².